The summed E-state index contributed by atoms with van der Waals surface area (Å²) in [7, 11) is 0. The van der Waals surface area contributed by atoms with Gasteiger partial charge in [0.25, 0.3) is 0 Å². The lowest BCUT2D eigenvalue weighted by Gasteiger charge is -2.11. The molecular formula is C28H28ClN3O4. The topological polar surface area (TPSA) is 86.4 Å². The van der Waals surface area contributed by atoms with Crippen molar-refractivity contribution < 1.29 is 14.6 Å². The van der Waals surface area contributed by atoms with E-state index in [1.807, 2.05) is 42.5 Å². The van der Waals surface area contributed by atoms with Gasteiger partial charge >= 0.3 is 11.7 Å². The van der Waals surface area contributed by atoms with Gasteiger partial charge < -0.3 is 9.84 Å². The summed E-state index contributed by atoms with van der Waals surface area (Å²) < 4.78 is 8.96. The summed E-state index contributed by atoms with van der Waals surface area (Å²) in [4.78, 5) is 24.6. The third-order valence-electron chi connectivity index (χ3n) is 6.11. The van der Waals surface area contributed by atoms with Crippen molar-refractivity contribution >= 4 is 17.6 Å². The first-order chi connectivity index (χ1) is 17.4. The minimum absolute atomic E-state index is 0.233. The van der Waals surface area contributed by atoms with Gasteiger partial charge in [-0.2, -0.15) is 4.68 Å². The van der Waals surface area contributed by atoms with E-state index in [4.69, 9.17) is 16.3 Å². The molecule has 3 aromatic carbocycles. The molecule has 0 aliphatic rings. The summed E-state index contributed by atoms with van der Waals surface area (Å²) in [5.74, 6) is 0.421. The summed E-state index contributed by atoms with van der Waals surface area (Å²) in [6.45, 7) is 4.52. The van der Waals surface area contributed by atoms with E-state index >= 15 is 0 Å². The maximum absolute atomic E-state index is 13.3. The zero-order valence-corrected chi connectivity index (χ0v) is 21.0. The highest BCUT2D eigenvalue weighted by Crippen LogP contribution is 2.20. The molecule has 0 atom stereocenters. The number of hydrogen-bond donors (Lipinski definition) is 1. The molecule has 186 valence electrons. The highest BCUT2D eigenvalue weighted by molar-refractivity contribution is 6.32. The van der Waals surface area contributed by atoms with E-state index in [1.165, 1.54) is 4.68 Å². The van der Waals surface area contributed by atoms with Crippen LogP contribution in [0.25, 0.3) is 5.69 Å². The number of aromatic nitrogens is 3. The van der Waals surface area contributed by atoms with Crippen molar-refractivity contribution in [3.63, 3.8) is 0 Å². The zero-order valence-electron chi connectivity index (χ0n) is 20.3. The summed E-state index contributed by atoms with van der Waals surface area (Å²) >= 11 is 6.33. The van der Waals surface area contributed by atoms with Crippen molar-refractivity contribution in [3.8, 4) is 11.4 Å². The van der Waals surface area contributed by atoms with Crippen molar-refractivity contribution in [3.05, 3.63) is 110 Å². The summed E-state index contributed by atoms with van der Waals surface area (Å²) in [5, 5.41) is 14.4. The predicted molar refractivity (Wildman–Crippen MR) is 139 cm³/mol. The van der Waals surface area contributed by atoms with Gasteiger partial charge in [-0.1, -0.05) is 61.3 Å². The number of carbonyl (C=O) groups is 1. The molecule has 0 saturated heterocycles. The lowest BCUT2D eigenvalue weighted by Crippen LogP contribution is -2.25. The van der Waals surface area contributed by atoms with Crippen molar-refractivity contribution in [2.24, 2.45) is 0 Å². The van der Waals surface area contributed by atoms with Crippen LogP contribution in [0.2, 0.25) is 5.02 Å². The number of aryl methyl sites for hydroxylation is 1. The second-order valence-corrected chi connectivity index (χ2v) is 8.99. The summed E-state index contributed by atoms with van der Waals surface area (Å²) in [6, 6.07) is 19.9. The van der Waals surface area contributed by atoms with E-state index in [1.54, 1.807) is 35.8 Å². The van der Waals surface area contributed by atoms with Crippen LogP contribution in [-0.2, 0) is 19.6 Å². The molecule has 0 amide bonds. The largest absolute Gasteiger partial charge is 0.489 e. The van der Waals surface area contributed by atoms with E-state index in [2.05, 4.69) is 12.0 Å². The Morgan fingerprint density at radius 2 is 1.81 bits per heavy atom. The fourth-order valence-electron chi connectivity index (χ4n) is 4.00. The van der Waals surface area contributed by atoms with Gasteiger partial charge in [-0.25, -0.2) is 9.59 Å². The Kier molecular flexibility index (Phi) is 7.90. The van der Waals surface area contributed by atoms with Crippen LogP contribution in [0.1, 0.15) is 52.6 Å². The molecule has 0 aliphatic carbocycles. The van der Waals surface area contributed by atoms with Crippen LogP contribution in [0.3, 0.4) is 0 Å². The molecule has 1 heterocycles. The molecule has 8 heteroatoms. The first kappa shape index (κ1) is 25.3. The second kappa shape index (κ2) is 11.3. The van der Waals surface area contributed by atoms with Crippen LogP contribution < -0.4 is 10.4 Å². The summed E-state index contributed by atoms with van der Waals surface area (Å²) in [6.07, 6.45) is 2.61. The zero-order chi connectivity index (χ0) is 25.7. The highest BCUT2D eigenvalue weighted by atomic mass is 35.5. The van der Waals surface area contributed by atoms with Crippen LogP contribution in [0.15, 0.2) is 71.5 Å². The number of benzene rings is 3. The van der Waals surface area contributed by atoms with E-state index in [0.29, 0.717) is 35.0 Å². The Morgan fingerprint density at radius 3 is 2.50 bits per heavy atom. The number of halogens is 1. The van der Waals surface area contributed by atoms with Crippen LogP contribution in [0.4, 0.5) is 0 Å². The fraction of sp³-hybridized carbons (Fsp3) is 0.250. The maximum atomic E-state index is 13.3. The third-order valence-corrected chi connectivity index (χ3v) is 6.43. The molecule has 0 radical (unpaired) electrons. The summed E-state index contributed by atoms with van der Waals surface area (Å²) in [5.41, 5.74) is 3.04. The minimum atomic E-state index is -0.954. The van der Waals surface area contributed by atoms with Gasteiger partial charge in [0.15, 0.2) is 0 Å². The SMILES string of the molecule is CCCCc1nn(-c2ccccc2Cl)c(=O)n1Cc1ccc(OCc2cccc(C(=O)O)c2C)cc1. The first-order valence-corrected chi connectivity index (χ1v) is 12.2. The van der Waals surface area contributed by atoms with Crippen LogP contribution in [0.5, 0.6) is 5.75 Å². The van der Waals surface area contributed by atoms with Crippen molar-refractivity contribution in [1.82, 2.24) is 14.3 Å². The van der Waals surface area contributed by atoms with E-state index in [0.717, 1.165) is 29.8 Å². The Bertz CT molecular complexity index is 1420. The van der Waals surface area contributed by atoms with Crippen LogP contribution in [0, 0.1) is 6.92 Å². The molecule has 1 N–H and O–H groups in total. The lowest BCUT2D eigenvalue weighted by atomic mass is 10.0. The number of rotatable bonds is 10. The van der Waals surface area contributed by atoms with Gasteiger partial charge in [0.2, 0.25) is 0 Å². The monoisotopic (exact) mass is 505 g/mol. The Balaban J connectivity index is 1.53. The molecule has 4 aromatic rings. The minimum Gasteiger partial charge on any atom is -0.489 e. The molecule has 0 unspecified atom stereocenters. The Labute approximate surface area is 214 Å². The molecule has 7 nitrogen and oxygen atoms in total. The average Bonchev–Trinajstić information content (AvgIpc) is 3.17. The van der Waals surface area contributed by atoms with Crippen LogP contribution >= 0.6 is 11.6 Å². The van der Waals surface area contributed by atoms with Gasteiger partial charge in [-0.15, -0.1) is 5.10 Å². The standard InChI is InChI=1S/C28H28ClN3O4/c1-3-4-12-26-30-32(25-11-6-5-10-24(25)29)28(35)31(26)17-20-13-15-22(16-14-20)36-18-21-8-7-9-23(19(21)2)27(33)34/h5-11,13-16H,3-4,12,17-18H2,1-2H3,(H,33,34). The predicted octanol–water partition coefficient (Wildman–Crippen LogP) is 5.66. The maximum Gasteiger partial charge on any atom is 0.351 e. The molecule has 0 bridgehead atoms. The van der Waals surface area contributed by atoms with Gasteiger partial charge in [-0.3, -0.25) is 4.57 Å². The first-order valence-electron chi connectivity index (χ1n) is 11.9. The van der Waals surface area contributed by atoms with Crippen molar-refractivity contribution in [2.75, 3.05) is 0 Å². The van der Waals surface area contributed by atoms with Gasteiger partial charge in [0, 0.05) is 6.42 Å². The molecule has 0 spiro atoms. The number of nitrogens with zero attached hydrogens (tertiary/aromatic N) is 3. The van der Waals surface area contributed by atoms with Gasteiger partial charge in [-0.05, 0) is 60.4 Å². The molecular weight excluding hydrogens is 478 g/mol. The van der Waals surface area contributed by atoms with E-state index in [-0.39, 0.29) is 17.9 Å². The molecule has 36 heavy (non-hydrogen) atoms. The normalized spacial score (nSPS) is 11.0. The van der Waals surface area contributed by atoms with Gasteiger partial charge in [0.05, 0.1) is 22.8 Å². The Morgan fingerprint density at radius 1 is 1.06 bits per heavy atom. The van der Waals surface area contributed by atoms with Crippen LogP contribution in [-0.4, -0.2) is 25.4 Å². The number of aromatic carboxylic acids is 1. The fourth-order valence-corrected chi connectivity index (χ4v) is 4.22. The number of carboxylic acids is 1. The van der Waals surface area contributed by atoms with E-state index in [9.17, 15) is 14.7 Å². The van der Waals surface area contributed by atoms with Crippen molar-refractivity contribution in [1.29, 1.82) is 0 Å². The second-order valence-electron chi connectivity index (χ2n) is 8.58. The third kappa shape index (κ3) is 5.52. The highest BCUT2D eigenvalue weighted by Gasteiger charge is 2.16. The number of ether oxygens (including phenoxy) is 1. The smallest absolute Gasteiger partial charge is 0.351 e. The quantitative estimate of drug-likeness (QED) is 0.300. The number of hydrogen-bond acceptors (Lipinski definition) is 4. The molecule has 1 aromatic heterocycles. The average molecular weight is 506 g/mol. The number of carboxylic acid groups (broad SMARTS) is 1. The molecule has 0 saturated carbocycles. The van der Waals surface area contributed by atoms with E-state index < -0.39 is 5.97 Å². The lowest BCUT2D eigenvalue weighted by molar-refractivity contribution is 0.0696. The Hall–Kier alpha value is -3.84. The van der Waals surface area contributed by atoms with Gasteiger partial charge in [0.1, 0.15) is 18.2 Å². The molecule has 4 rings (SSSR count). The molecule has 0 fully saturated rings. The molecule has 0 aliphatic heterocycles. The number of unbranched alkanes of at least 4 members (excludes halogenated alkanes) is 1. The number of para-hydroxylation sites is 1. The van der Waals surface area contributed by atoms with Crippen molar-refractivity contribution in [2.45, 2.75) is 46.3 Å².